The molecule has 0 amide bonds. The Balaban J connectivity index is 1.36. The Kier molecular flexibility index (Phi) is 6.69. The van der Waals surface area contributed by atoms with Crippen LogP contribution in [0, 0.1) is 5.82 Å². The van der Waals surface area contributed by atoms with E-state index < -0.39 is 0 Å². The molecular weight excluding hydrogens is 511 g/mol. The Bertz CT molecular complexity index is 1570. The van der Waals surface area contributed by atoms with Gasteiger partial charge in [0, 0.05) is 29.5 Å². The molecule has 0 bridgehead atoms. The first-order valence-electron chi connectivity index (χ1n) is 12.5. The quantitative estimate of drug-likeness (QED) is 0.226. The second kappa shape index (κ2) is 10.6. The van der Waals surface area contributed by atoms with E-state index in [0.717, 1.165) is 28.5 Å². The zero-order valence-electron chi connectivity index (χ0n) is 21.1. The minimum absolute atomic E-state index is 0.206. The van der Waals surface area contributed by atoms with Gasteiger partial charge in [-0.15, -0.1) is 0 Å². The maximum absolute atomic E-state index is 13.7. The molecule has 6 nitrogen and oxygen atoms in total. The van der Waals surface area contributed by atoms with Gasteiger partial charge in [0.05, 0.1) is 18.8 Å². The van der Waals surface area contributed by atoms with E-state index in [0.29, 0.717) is 16.6 Å². The highest BCUT2D eigenvalue weighted by molar-refractivity contribution is 7.80. The molecule has 1 aliphatic rings. The minimum Gasteiger partial charge on any atom is -0.497 e. The average molecular weight is 537 g/mol. The molecule has 3 aromatic carbocycles. The van der Waals surface area contributed by atoms with Crippen molar-refractivity contribution in [2.45, 2.75) is 12.1 Å². The van der Waals surface area contributed by atoms with Gasteiger partial charge in [-0.3, -0.25) is 4.98 Å². The Hall–Kier alpha value is -4.69. The van der Waals surface area contributed by atoms with Crippen LogP contribution >= 0.6 is 12.2 Å². The maximum atomic E-state index is 13.7. The monoisotopic (exact) mass is 536 g/mol. The molecule has 3 heterocycles. The van der Waals surface area contributed by atoms with Crippen molar-refractivity contribution in [3.63, 3.8) is 0 Å². The number of methoxy groups -OCH3 is 1. The number of halogens is 1. The molecule has 1 saturated heterocycles. The third kappa shape index (κ3) is 4.94. The summed E-state index contributed by atoms with van der Waals surface area (Å²) in [5, 5.41) is 4.08. The van der Waals surface area contributed by atoms with Gasteiger partial charge in [-0.1, -0.05) is 6.07 Å². The number of nitrogens with zero attached hydrogens (tertiary/aromatic N) is 3. The van der Waals surface area contributed by atoms with Crippen LogP contribution in [0.25, 0.3) is 5.69 Å². The largest absolute Gasteiger partial charge is 0.497 e. The van der Waals surface area contributed by atoms with Crippen LogP contribution in [0.2, 0.25) is 0 Å². The number of ether oxygens (including phenoxy) is 2. The number of rotatable bonds is 7. The molecule has 8 heteroatoms. The fourth-order valence-corrected chi connectivity index (χ4v) is 5.21. The summed E-state index contributed by atoms with van der Waals surface area (Å²) in [6, 6.07) is 31.2. The van der Waals surface area contributed by atoms with Crippen molar-refractivity contribution in [3.8, 4) is 22.9 Å². The molecule has 194 valence electrons. The van der Waals surface area contributed by atoms with Crippen LogP contribution in [-0.4, -0.2) is 21.8 Å². The van der Waals surface area contributed by atoms with E-state index in [4.69, 9.17) is 21.7 Å². The molecular formula is C31H25FN4O2S. The van der Waals surface area contributed by atoms with E-state index in [1.165, 1.54) is 12.1 Å². The number of anilines is 1. The predicted octanol–water partition coefficient (Wildman–Crippen LogP) is 6.99. The van der Waals surface area contributed by atoms with Crippen LogP contribution in [-0.2, 0) is 0 Å². The van der Waals surface area contributed by atoms with Crippen molar-refractivity contribution < 1.29 is 13.9 Å². The van der Waals surface area contributed by atoms with Crippen LogP contribution in [0.3, 0.4) is 0 Å². The molecule has 2 unspecified atom stereocenters. The van der Waals surface area contributed by atoms with Gasteiger partial charge in [0.1, 0.15) is 29.1 Å². The minimum atomic E-state index is -0.277. The topological polar surface area (TPSA) is 51.6 Å². The molecule has 2 atom stereocenters. The van der Waals surface area contributed by atoms with Crippen molar-refractivity contribution in [1.82, 2.24) is 14.9 Å². The summed E-state index contributed by atoms with van der Waals surface area (Å²) in [6.07, 6.45) is 3.76. The Morgan fingerprint density at radius 3 is 2.13 bits per heavy atom. The van der Waals surface area contributed by atoms with Crippen LogP contribution in [0.4, 0.5) is 10.1 Å². The van der Waals surface area contributed by atoms with Crippen molar-refractivity contribution in [2.75, 3.05) is 12.0 Å². The molecule has 0 spiro atoms. The van der Waals surface area contributed by atoms with E-state index in [-0.39, 0.29) is 17.9 Å². The lowest BCUT2D eigenvalue weighted by molar-refractivity contribution is 0.413. The first-order valence-corrected chi connectivity index (χ1v) is 12.9. The Morgan fingerprint density at radius 2 is 1.46 bits per heavy atom. The third-order valence-electron chi connectivity index (χ3n) is 6.70. The summed E-state index contributed by atoms with van der Waals surface area (Å²) < 4.78 is 27.0. The molecule has 1 aliphatic heterocycles. The fraction of sp³-hybridized carbons (Fsp3) is 0.0968. The molecule has 39 heavy (non-hydrogen) atoms. The second-order valence-corrected chi connectivity index (χ2v) is 9.43. The van der Waals surface area contributed by atoms with E-state index in [1.54, 1.807) is 25.4 Å². The Morgan fingerprint density at radius 1 is 0.795 bits per heavy atom. The zero-order valence-corrected chi connectivity index (χ0v) is 21.9. The van der Waals surface area contributed by atoms with Gasteiger partial charge in [0.25, 0.3) is 0 Å². The number of nitrogens with one attached hydrogen (secondary N) is 1. The van der Waals surface area contributed by atoms with Gasteiger partial charge in [0.2, 0.25) is 0 Å². The lowest BCUT2D eigenvalue weighted by Crippen LogP contribution is -2.30. The lowest BCUT2D eigenvalue weighted by atomic mass is 10.0. The Labute approximate surface area is 231 Å². The number of hydrogen-bond acceptors (Lipinski definition) is 4. The number of aromatic nitrogens is 2. The number of hydrogen-bond donors (Lipinski definition) is 1. The average Bonchev–Trinajstić information content (AvgIpc) is 3.59. The van der Waals surface area contributed by atoms with Crippen molar-refractivity contribution >= 4 is 23.0 Å². The molecule has 0 aliphatic carbocycles. The molecule has 0 saturated carbocycles. The molecule has 0 radical (unpaired) electrons. The summed E-state index contributed by atoms with van der Waals surface area (Å²) in [5.41, 5.74) is 3.63. The lowest BCUT2D eigenvalue weighted by Gasteiger charge is -2.29. The van der Waals surface area contributed by atoms with Crippen molar-refractivity contribution in [2.24, 2.45) is 0 Å². The van der Waals surface area contributed by atoms with Gasteiger partial charge in [-0.05, 0) is 109 Å². The number of thiocarbonyl (C=S) groups is 1. The highest BCUT2D eigenvalue weighted by atomic mass is 32.1. The third-order valence-corrected chi connectivity index (χ3v) is 7.01. The van der Waals surface area contributed by atoms with Gasteiger partial charge < -0.3 is 24.3 Å². The van der Waals surface area contributed by atoms with Crippen LogP contribution in [0.15, 0.2) is 116 Å². The first-order chi connectivity index (χ1) is 19.1. The standard InChI is InChI=1S/C31H25FN4O2S/c1-37-24-15-17-26(18-16-24)38-25-13-11-23(12-14-25)36-30(29(34-31(36)39)27-5-2-3-19-33-27)28-6-4-20-35(28)22-9-7-21(32)8-10-22/h2-20,29-30H,1H3,(H,34,39). The van der Waals surface area contributed by atoms with Gasteiger partial charge >= 0.3 is 0 Å². The van der Waals surface area contributed by atoms with Crippen molar-refractivity contribution in [3.05, 3.63) is 133 Å². The highest BCUT2D eigenvalue weighted by Crippen LogP contribution is 2.42. The molecule has 6 rings (SSSR count). The summed E-state index contributed by atoms with van der Waals surface area (Å²) in [7, 11) is 1.63. The number of benzene rings is 3. The summed E-state index contributed by atoms with van der Waals surface area (Å²) >= 11 is 5.87. The summed E-state index contributed by atoms with van der Waals surface area (Å²) in [5.74, 6) is 1.91. The van der Waals surface area contributed by atoms with E-state index in [1.807, 2.05) is 79.0 Å². The molecule has 5 aromatic rings. The molecule has 1 fully saturated rings. The SMILES string of the molecule is COc1ccc(Oc2ccc(N3C(=S)NC(c4ccccn4)C3c3cccn3-c3ccc(F)cc3)cc2)cc1. The van der Waals surface area contributed by atoms with Crippen LogP contribution in [0.1, 0.15) is 23.5 Å². The molecule has 2 aromatic heterocycles. The van der Waals surface area contributed by atoms with Gasteiger partial charge in [-0.25, -0.2) is 4.39 Å². The number of pyridine rings is 1. The highest BCUT2D eigenvalue weighted by Gasteiger charge is 2.42. The fourth-order valence-electron chi connectivity index (χ4n) is 4.86. The maximum Gasteiger partial charge on any atom is 0.174 e. The second-order valence-electron chi connectivity index (χ2n) is 9.05. The van der Waals surface area contributed by atoms with E-state index >= 15 is 0 Å². The van der Waals surface area contributed by atoms with Gasteiger partial charge in [-0.2, -0.15) is 0 Å². The van der Waals surface area contributed by atoms with Crippen LogP contribution in [0.5, 0.6) is 17.2 Å². The smallest absolute Gasteiger partial charge is 0.174 e. The normalized spacial score (nSPS) is 16.7. The van der Waals surface area contributed by atoms with E-state index in [2.05, 4.69) is 25.8 Å². The van der Waals surface area contributed by atoms with Crippen molar-refractivity contribution in [1.29, 1.82) is 0 Å². The first kappa shape index (κ1) is 24.6. The summed E-state index contributed by atoms with van der Waals surface area (Å²) in [4.78, 5) is 6.73. The summed E-state index contributed by atoms with van der Waals surface area (Å²) in [6.45, 7) is 0. The van der Waals surface area contributed by atoms with Crippen LogP contribution < -0.4 is 19.7 Å². The molecule has 1 N–H and O–H groups in total. The predicted molar refractivity (Wildman–Crippen MR) is 153 cm³/mol. The van der Waals surface area contributed by atoms with E-state index in [9.17, 15) is 4.39 Å². The zero-order chi connectivity index (χ0) is 26.8. The van der Waals surface area contributed by atoms with Gasteiger partial charge in [0.15, 0.2) is 5.11 Å².